The highest BCUT2D eigenvalue weighted by Gasteiger charge is 2.30. The van der Waals surface area contributed by atoms with Gasteiger partial charge in [-0.25, -0.2) is 17.8 Å². The van der Waals surface area contributed by atoms with Crippen molar-refractivity contribution in [1.29, 1.82) is 0 Å². The predicted molar refractivity (Wildman–Crippen MR) is 115 cm³/mol. The van der Waals surface area contributed by atoms with Crippen LogP contribution in [0.4, 0.5) is 5.69 Å². The van der Waals surface area contributed by atoms with Crippen LogP contribution in [0, 0.1) is 0 Å². The van der Waals surface area contributed by atoms with E-state index in [9.17, 15) is 18.0 Å². The molecule has 0 saturated heterocycles. The molecule has 30 heavy (non-hydrogen) atoms. The van der Waals surface area contributed by atoms with Crippen LogP contribution in [0.25, 0.3) is 16.6 Å². The molecule has 150 valence electrons. The van der Waals surface area contributed by atoms with Gasteiger partial charge in [-0.05, 0) is 48.4 Å². The van der Waals surface area contributed by atoms with Crippen LogP contribution in [0.3, 0.4) is 0 Å². The number of nitrogens with zero attached hydrogens (tertiary/aromatic N) is 2. The van der Waals surface area contributed by atoms with E-state index in [1.54, 1.807) is 42.5 Å². The van der Waals surface area contributed by atoms with Gasteiger partial charge in [-0.15, -0.1) is 0 Å². The fourth-order valence-corrected chi connectivity index (χ4v) is 5.41. The molecular weight excluding hydrogens is 402 g/mol. The van der Waals surface area contributed by atoms with E-state index in [0.29, 0.717) is 29.6 Å². The third kappa shape index (κ3) is 2.76. The summed E-state index contributed by atoms with van der Waals surface area (Å²) >= 11 is 0. The number of aromatic nitrogens is 2. The highest BCUT2D eigenvalue weighted by atomic mass is 32.2. The van der Waals surface area contributed by atoms with E-state index >= 15 is 0 Å². The molecular formula is C22H17N3O4S. The van der Waals surface area contributed by atoms with Gasteiger partial charge in [0.15, 0.2) is 0 Å². The second-order valence-corrected chi connectivity index (χ2v) is 8.93. The summed E-state index contributed by atoms with van der Waals surface area (Å²) in [6.45, 7) is 0.350. The summed E-state index contributed by atoms with van der Waals surface area (Å²) < 4.78 is 29.0. The average molecular weight is 419 g/mol. The molecule has 0 fully saturated rings. The minimum Gasteiger partial charge on any atom is -0.306 e. The first-order valence-corrected chi connectivity index (χ1v) is 10.9. The van der Waals surface area contributed by atoms with Gasteiger partial charge in [0, 0.05) is 6.54 Å². The Balaban J connectivity index is 1.65. The molecule has 2 heterocycles. The molecule has 5 rings (SSSR count). The zero-order valence-corrected chi connectivity index (χ0v) is 16.6. The van der Waals surface area contributed by atoms with Crippen molar-refractivity contribution in [2.45, 2.75) is 11.3 Å². The van der Waals surface area contributed by atoms with E-state index in [1.807, 2.05) is 12.1 Å². The second kappa shape index (κ2) is 6.70. The van der Waals surface area contributed by atoms with Gasteiger partial charge in [0.1, 0.15) is 0 Å². The van der Waals surface area contributed by atoms with Gasteiger partial charge < -0.3 is 4.98 Å². The number of sulfonamides is 1. The Morgan fingerprint density at radius 2 is 1.63 bits per heavy atom. The number of rotatable bonds is 3. The molecule has 0 atom stereocenters. The summed E-state index contributed by atoms with van der Waals surface area (Å²) in [5, 5.41) is 0.346. The normalized spacial score (nSPS) is 13.5. The molecule has 0 aliphatic carbocycles. The Kier molecular flexibility index (Phi) is 4.11. The van der Waals surface area contributed by atoms with Crippen molar-refractivity contribution in [3.63, 3.8) is 0 Å². The third-order valence-corrected chi connectivity index (χ3v) is 7.12. The van der Waals surface area contributed by atoms with E-state index in [2.05, 4.69) is 4.98 Å². The maximum absolute atomic E-state index is 13.3. The van der Waals surface area contributed by atoms with Gasteiger partial charge in [-0.1, -0.05) is 36.4 Å². The maximum atomic E-state index is 13.3. The highest BCUT2D eigenvalue weighted by molar-refractivity contribution is 7.92. The van der Waals surface area contributed by atoms with E-state index in [4.69, 9.17) is 0 Å². The van der Waals surface area contributed by atoms with Crippen molar-refractivity contribution in [3.05, 3.63) is 99.2 Å². The molecule has 1 aromatic heterocycles. The number of nitrogens with one attached hydrogen (secondary N) is 1. The van der Waals surface area contributed by atoms with Crippen molar-refractivity contribution in [3.8, 4) is 5.69 Å². The number of para-hydroxylation sites is 2. The first-order chi connectivity index (χ1) is 14.5. The van der Waals surface area contributed by atoms with Gasteiger partial charge in [-0.2, -0.15) is 0 Å². The van der Waals surface area contributed by atoms with E-state index in [1.165, 1.54) is 22.5 Å². The summed E-state index contributed by atoms with van der Waals surface area (Å²) in [5.74, 6) is 0. The number of aromatic amines is 1. The lowest BCUT2D eigenvalue weighted by atomic mass is 10.2. The quantitative estimate of drug-likeness (QED) is 0.552. The van der Waals surface area contributed by atoms with Crippen LogP contribution in [-0.4, -0.2) is 24.5 Å². The number of hydrogen-bond donors (Lipinski definition) is 1. The van der Waals surface area contributed by atoms with E-state index < -0.39 is 21.3 Å². The first-order valence-electron chi connectivity index (χ1n) is 9.42. The van der Waals surface area contributed by atoms with Crippen LogP contribution in [0.5, 0.6) is 0 Å². The average Bonchev–Trinajstić information content (AvgIpc) is 3.19. The standard InChI is InChI=1S/C22H17N3O4S/c26-21-18-9-2-3-10-19(18)23-22(27)25(21)16-7-5-8-17(14-16)30(28,29)24-13-12-15-6-1-4-11-20(15)24/h1-11,14H,12-13H2,(H,23,27). The van der Waals surface area contributed by atoms with Crippen molar-refractivity contribution in [1.82, 2.24) is 9.55 Å². The molecule has 0 amide bonds. The monoisotopic (exact) mass is 419 g/mol. The third-order valence-electron chi connectivity index (χ3n) is 5.31. The largest absolute Gasteiger partial charge is 0.333 e. The zero-order chi connectivity index (χ0) is 20.9. The topological polar surface area (TPSA) is 92.2 Å². The Morgan fingerprint density at radius 3 is 2.50 bits per heavy atom. The summed E-state index contributed by atoms with van der Waals surface area (Å²) in [7, 11) is -3.85. The first kappa shape index (κ1) is 18.4. The molecule has 0 spiro atoms. The molecule has 1 aliphatic rings. The van der Waals surface area contributed by atoms with E-state index in [0.717, 1.165) is 10.1 Å². The lowest BCUT2D eigenvalue weighted by Crippen LogP contribution is -2.34. The van der Waals surface area contributed by atoms with Crippen molar-refractivity contribution in [2.24, 2.45) is 0 Å². The lowest BCUT2D eigenvalue weighted by Gasteiger charge is -2.20. The molecule has 0 bridgehead atoms. The van der Waals surface area contributed by atoms with Crippen LogP contribution in [0.2, 0.25) is 0 Å². The molecule has 0 saturated carbocycles. The summed E-state index contributed by atoms with van der Waals surface area (Å²) in [6.07, 6.45) is 0.638. The minimum atomic E-state index is -3.85. The highest BCUT2D eigenvalue weighted by Crippen LogP contribution is 2.32. The molecule has 0 radical (unpaired) electrons. The smallest absolute Gasteiger partial charge is 0.306 e. The Bertz CT molecular complexity index is 1520. The fraction of sp³-hybridized carbons (Fsp3) is 0.0909. The molecule has 4 aromatic rings. The van der Waals surface area contributed by atoms with Crippen molar-refractivity contribution >= 4 is 26.6 Å². The Hall–Kier alpha value is -3.65. The molecule has 7 nitrogen and oxygen atoms in total. The molecule has 8 heteroatoms. The van der Waals surface area contributed by atoms with Crippen LogP contribution in [0.15, 0.2) is 87.3 Å². The van der Waals surface area contributed by atoms with Gasteiger partial charge >= 0.3 is 5.69 Å². The molecule has 0 unspecified atom stereocenters. The van der Waals surface area contributed by atoms with Crippen LogP contribution in [-0.2, 0) is 16.4 Å². The Labute approximate surface area is 171 Å². The lowest BCUT2D eigenvalue weighted by molar-refractivity contribution is 0.592. The minimum absolute atomic E-state index is 0.0242. The fourth-order valence-electron chi connectivity index (χ4n) is 3.86. The van der Waals surface area contributed by atoms with Gasteiger partial charge in [0.25, 0.3) is 15.6 Å². The number of hydrogen-bond acceptors (Lipinski definition) is 4. The number of fused-ring (bicyclic) bond motifs is 2. The summed E-state index contributed by atoms with van der Waals surface area (Å²) in [5.41, 5.74) is 1.12. The van der Waals surface area contributed by atoms with E-state index in [-0.39, 0.29) is 10.6 Å². The van der Waals surface area contributed by atoms with Crippen molar-refractivity contribution in [2.75, 3.05) is 10.8 Å². The zero-order valence-electron chi connectivity index (χ0n) is 15.8. The van der Waals surface area contributed by atoms with Gasteiger partial charge in [0.05, 0.1) is 27.2 Å². The maximum Gasteiger partial charge on any atom is 0.333 e. The number of H-pyrrole nitrogens is 1. The Morgan fingerprint density at radius 1 is 0.867 bits per heavy atom. The SMILES string of the molecule is O=c1[nH]c2ccccc2c(=O)n1-c1cccc(S(=O)(=O)N2CCc3ccccc32)c1. The summed E-state index contributed by atoms with van der Waals surface area (Å²) in [4.78, 5) is 28.2. The van der Waals surface area contributed by atoms with Crippen molar-refractivity contribution < 1.29 is 8.42 Å². The van der Waals surface area contributed by atoms with Gasteiger partial charge in [0.2, 0.25) is 0 Å². The van der Waals surface area contributed by atoms with Crippen LogP contribution in [0.1, 0.15) is 5.56 Å². The number of benzene rings is 3. The van der Waals surface area contributed by atoms with Gasteiger partial charge in [-0.3, -0.25) is 9.10 Å². The van der Waals surface area contributed by atoms with Crippen LogP contribution >= 0.6 is 0 Å². The molecule has 3 aromatic carbocycles. The predicted octanol–water partition coefficient (Wildman–Crippen LogP) is 2.43. The number of anilines is 1. The molecule has 1 N–H and O–H groups in total. The summed E-state index contributed by atoms with van der Waals surface area (Å²) in [6, 6.07) is 20.0. The van der Waals surface area contributed by atoms with Crippen LogP contribution < -0.4 is 15.6 Å². The molecule has 1 aliphatic heterocycles. The second-order valence-electron chi connectivity index (χ2n) is 7.07.